The lowest BCUT2D eigenvalue weighted by atomic mass is 9.86. The third-order valence-electron chi connectivity index (χ3n) is 3.88. The van der Waals surface area contributed by atoms with E-state index < -0.39 is 0 Å². The maximum absolute atomic E-state index is 5.94. The van der Waals surface area contributed by atoms with Crippen molar-refractivity contribution in [3.8, 4) is 0 Å². The van der Waals surface area contributed by atoms with Gasteiger partial charge in [0.15, 0.2) is 0 Å². The van der Waals surface area contributed by atoms with Gasteiger partial charge in [-0.3, -0.25) is 4.68 Å². The van der Waals surface area contributed by atoms with Crippen LogP contribution in [0.25, 0.3) is 5.57 Å². The summed E-state index contributed by atoms with van der Waals surface area (Å²) in [7, 11) is 1.63. The minimum absolute atomic E-state index is 0.291. The van der Waals surface area contributed by atoms with Crippen molar-refractivity contribution in [3.05, 3.63) is 23.9 Å². The van der Waals surface area contributed by atoms with Gasteiger partial charge in [0.2, 0.25) is 0 Å². The molecule has 0 N–H and O–H groups in total. The van der Waals surface area contributed by atoms with Gasteiger partial charge in [0.25, 0.3) is 0 Å². The van der Waals surface area contributed by atoms with Gasteiger partial charge in [-0.05, 0) is 52.2 Å². The molecule has 0 amide bonds. The van der Waals surface area contributed by atoms with Crippen LogP contribution >= 0.6 is 0 Å². The summed E-state index contributed by atoms with van der Waals surface area (Å²) in [5, 5.41) is 4.16. The molecule has 0 atom stereocenters. The molecule has 0 bridgehead atoms. The van der Waals surface area contributed by atoms with E-state index in [2.05, 4.69) is 32.8 Å². The van der Waals surface area contributed by atoms with Gasteiger partial charge >= 0.3 is 7.12 Å². The SMILES string of the molecule is CC(=CB1OC(C)(C)C(C)(C)O1)c1ccnn1C. The highest BCUT2D eigenvalue weighted by Gasteiger charge is 2.50. The fourth-order valence-electron chi connectivity index (χ4n) is 2.01. The van der Waals surface area contributed by atoms with E-state index in [1.165, 1.54) is 0 Å². The Morgan fingerprint density at radius 1 is 1.28 bits per heavy atom. The van der Waals surface area contributed by atoms with E-state index in [-0.39, 0.29) is 18.3 Å². The van der Waals surface area contributed by atoms with Gasteiger partial charge in [-0.15, -0.1) is 0 Å². The van der Waals surface area contributed by atoms with Crippen LogP contribution in [0.3, 0.4) is 0 Å². The first-order valence-corrected chi connectivity index (χ1v) is 6.25. The second kappa shape index (κ2) is 4.25. The number of allylic oxidation sites excluding steroid dienone is 1. The lowest BCUT2D eigenvalue weighted by Crippen LogP contribution is -2.41. The Kier molecular flexibility index (Phi) is 3.15. The van der Waals surface area contributed by atoms with Crippen LogP contribution in [0, 0.1) is 0 Å². The third kappa shape index (κ3) is 2.25. The summed E-state index contributed by atoms with van der Waals surface area (Å²) in [4.78, 5) is 0. The zero-order valence-corrected chi connectivity index (χ0v) is 12.0. The standard InChI is InChI=1S/C13H21BN2O2/c1-10(11-7-8-15-16(11)6)9-14-17-12(2,3)13(4,5)18-14/h7-9H,1-6H3. The van der Waals surface area contributed by atoms with E-state index >= 15 is 0 Å². The number of hydrogen-bond donors (Lipinski definition) is 0. The van der Waals surface area contributed by atoms with Crippen molar-refractivity contribution < 1.29 is 9.31 Å². The highest BCUT2D eigenvalue weighted by atomic mass is 16.7. The summed E-state index contributed by atoms with van der Waals surface area (Å²) in [6.45, 7) is 10.3. The van der Waals surface area contributed by atoms with Crippen LogP contribution in [-0.2, 0) is 16.4 Å². The Labute approximate surface area is 109 Å². The Morgan fingerprint density at radius 2 is 1.83 bits per heavy atom. The Hall–Kier alpha value is -1.07. The number of hydrogen-bond acceptors (Lipinski definition) is 3. The lowest BCUT2D eigenvalue weighted by molar-refractivity contribution is 0.00578. The maximum atomic E-state index is 5.94. The van der Waals surface area contributed by atoms with Gasteiger partial charge in [-0.1, -0.05) is 0 Å². The fraction of sp³-hybridized carbons (Fsp3) is 0.615. The first kappa shape index (κ1) is 13.4. The quantitative estimate of drug-likeness (QED) is 0.754. The molecule has 0 aromatic carbocycles. The van der Waals surface area contributed by atoms with Gasteiger partial charge < -0.3 is 9.31 Å². The van der Waals surface area contributed by atoms with Crippen molar-refractivity contribution in [2.75, 3.05) is 0 Å². The molecule has 0 aliphatic carbocycles. The molecule has 98 valence electrons. The first-order chi connectivity index (χ1) is 8.23. The molecule has 0 unspecified atom stereocenters. The minimum Gasteiger partial charge on any atom is -0.400 e. The predicted octanol–water partition coefficient (Wildman–Crippen LogP) is 2.45. The molecule has 2 rings (SSSR count). The molecule has 1 aromatic heterocycles. The molecular weight excluding hydrogens is 227 g/mol. The lowest BCUT2D eigenvalue weighted by Gasteiger charge is -2.32. The van der Waals surface area contributed by atoms with Crippen LogP contribution < -0.4 is 0 Å². The van der Waals surface area contributed by atoms with Gasteiger partial charge in [0.05, 0.1) is 16.9 Å². The zero-order valence-electron chi connectivity index (χ0n) is 12.0. The van der Waals surface area contributed by atoms with Crippen LogP contribution in [0.2, 0.25) is 0 Å². The van der Waals surface area contributed by atoms with E-state index in [4.69, 9.17) is 9.31 Å². The molecule has 1 aliphatic rings. The average molecular weight is 248 g/mol. The molecule has 1 saturated heterocycles. The summed E-state index contributed by atoms with van der Waals surface area (Å²) < 4.78 is 13.7. The van der Waals surface area contributed by atoms with Gasteiger partial charge in [0, 0.05) is 13.2 Å². The van der Waals surface area contributed by atoms with Crippen LogP contribution in [0.15, 0.2) is 18.2 Å². The Morgan fingerprint density at radius 3 is 2.28 bits per heavy atom. The minimum atomic E-state index is -0.301. The van der Waals surface area contributed by atoms with Crippen molar-refractivity contribution in [3.63, 3.8) is 0 Å². The predicted molar refractivity (Wildman–Crippen MR) is 72.9 cm³/mol. The molecule has 0 saturated carbocycles. The maximum Gasteiger partial charge on any atom is 0.487 e. The van der Waals surface area contributed by atoms with Gasteiger partial charge in [-0.2, -0.15) is 5.10 Å². The van der Waals surface area contributed by atoms with Crippen LogP contribution in [-0.4, -0.2) is 28.1 Å². The second-order valence-corrected chi connectivity index (χ2v) is 5.81. The molecule has 0 spiro atoms. The van der Waals surface area contributed by atoms with Crippen molar-refractivity contribution in [2.24, 2.45) is 7.05 Å². The molecule has 1 aliphatic heterocycles. The number of aryl methyl sites for hydroxylation is 1. The topological polar surface area (TPSA) is 36.3 Å². The fourth-order valence-corrected chi connectivity index (χ4v) is 2.01. The van der Waals surface area contributed by atoms with Crippen molar-refractivity contribution >= 4 is 12.7 Å². The van der Waals surface area contributed by atoms with E-state index in [1.54, 1.807) is 6.20 Å². The molecular formula is C13H21BN2O2. The first-order valence-electron chi connectivity index (χ1n) is 6.25. The molecule has 1 fully saturated rings. The Bertz CT molecular complexity index is 461. The molecule has 0 radical (unpaired) electrons. The summed E-state index contributed by atoms with van der Waals surface area (Å²) in [5.41, 5.74) is 1.60. The summed E-state index contributed by atoms with van der Waals surface area (Å²) in [6.07, 6.45) is 1.79. The van der Waals surface area contributed by atoms with Crippen molar-refractivity contribution in [1.29, 1.82) is 0 Å². The second-order valence-electron chi connectivity index (χ2n) is 5.81. The highest BCUT2D eigenvalue weighted by Crippen LogP contribution is 2.37. The van der Waals surface area contributed by atoms with Gasteiger partial charge in [0.1, 0.15) is 0 Å². The number of nitrogens with zero attached hydrogens (tertiary/aromatic N) is 2. The molecule has 2 heterocycles. The summed E-state index contributed by atoms with van der Waals surface area (Å²) in [5.74, 6) is 2.01. The summed E-state index contributed by atoms with van der Waals surface area (Å²) >= 11 is 0. The third-order valence-corrected chi connectivity index (χ3v) is 3.88. The smallest absolute Gasteiger partial charge is 0.400 e. The normalized spacial score (nSPS) is 22.6. The van der Waals surface area contributed by atoms with Crippen molar-refractivity contribution in [1.82, 2.24) is 9.78 Å². The monoisotopic (exact) mass is 248 g/mol. The molecule has 5 heteroatoms. The number of aromatic nitrogens is 2. The number of rotatable bonds is 2. The highest BCUT2D eigenvalue weighted by molar-refractivity contribution is 6.53. The van der Waals surface area contributed by atoms with Crippen molar-refractivity contribution in [2.45, 2.75) is 45.8 Å². The van der Waals surface area contributed by atoms with Crippen LogP contribution in [0.1, 0.15) is 40.3 Å². The van der Waals surface area contributed by atoms with Crippen LogP contribution in [0.5, 0.6) is 0 Å². The molecule has 4 nitrogen and oxygen atoms in total. The van der Waals surface area contributed by atoms with E-state index in [0.29, 0.717) is 0 Å². The summed E-state index contributed by atoms with van der Waals surface area (Å²) in [6, 6.07) is 1.98. The largest absolute Gasteiger partial charge is 0.487 e. The van der Waals surface area contributed by atoms with E-state index in [1.807, 2.05) is 30.7 Å². The van der Waals surface area contributed by atoms with E-state index in [0.717, 1.165) is 11.3 Å². The Balaban J connectivity index is 2.19. The molecule has 1 aromatic rings. The molecule has 18 heavy (non-hydrogen) atoms. The van der Waals surface area contributed by atoms with Gasteiger partial charge in [-0.25, -0.2) is 0 Å². The van der Waals surface area contributed by atoms with E-state index in [9.17, 15) is 0 Å². The van der Waals surface area contributed by atoms with Crippen LogP contribution in [0.4, 0.5) is 0 Å². The zero-order chi connectivity index (χ0) is 13.6. The average Bonchev–Trinajstić information content (AvgIpc) is 2.69.